The van der Waals surface area contributed by atoms with E-state index >= 15 is 0 Å². The molecule has 0 spiro atoms. The van der Waals surface area contributed by atoms with E-state index in [1.54, 1.807) is 48.5 Å². The standard InChI is InChI=1S/C33H33Cl2N3O4S/c1-3-24-14-17-27(18-15-24)38(43(41,42)28-12-8-5-9-13-28)23-32(39)37(22-26-16-19-29(34)30(35)20-26)31(33(40)36-2)21-25-10-6-4-7-11-25/h4-20,31H,3,21-23H2,1-2H3,(H,36,40)/t31-/m0/s1. The fourth-order valence-electron chi connectivity index (χ4n) is 4.70. The molecule has 0 aliphatic rings. The minimum atomic E-state index is -4.15. The van der Waals surface area contributed by atoms with Crippen LogP contribution in [0, 0.1) is 0 Å². The van der Waals surface area contributed by atoms with E-state index < -0.39 is 28.5 Å². The third-order valence-electron chi connectivity index (χ3n) is 7.10. The van der Waals surface area contributed by atoms with Crippen LogP contribution in [0.15, 0.2) is 108 Å². The van der Waals surface area contributed by atoms with Gasteiger partial charge in [0.25, 0.3) is 10.0 Å². The Hall–Kier alpha value is -3.85. The Morgan fingerprint density at radius 1 is 0.791 bits per heavy atom. The average Bonchev–Trinajstić information content (AvgIpc) is 3.03. The Kier molecular flexibility index (Phi) is 10.9. The van der Waals surface area contributed by atoms with Crippen molar-refractivity contribution >= 4 is 50.7 Å². The third kappa shape index (κ3) is 7.96. The molecule has 4 rings (SSSR count). The van der Waals surface area contributed by atoms with Crippen molar-refractivity contribution in [2.24, 2.45) is 0 Å². The number of aryl methyl sites for hydroxylation is 1. The Balaban J connectivity index is 1.79. The molecule has 0 bridgehead atoms. The van der Waals surface area contributed by atoms with Crippen molar-refractivity contribution in [3.63, 3.8) is 0 Å². The van der Waals surface area contributed by atoms with Crippen LogP contribution in [0.5, 0.6) is 0 Å². The molecule has 0 heterocycles. The predicted octanol–water partition coefficient (Wildman–Crippen LogP) is 6.14. The second-order valence-corrected chi connectivity index (χ2v) is 12.6. The number of carbonyl (C=O) groups excluding carboxylic acids is 2. The van der Waals surface area contributed by atoms with Crippen LogP contribution in [0.1, 0.15) is 23.6 Å². The molecule has 7 nitrogen and oxygen atoms in total. The SMILES string of the molecule is CCc1ccc(N(CC(=O)N(Cc2ccc(Cl)c(Cl)c2)[C@@H](Cc2ccccc2)C(=O)NC)S(=O)(=O)c2ccccc2)cc1. The molecule has 0 saturated heterocycles. The number of amides is 2. The van der Waals surface area contributed by atoms with Crippen LogP contribution in [0.4, 0.5) is 5.69 Å². The van der Waals surface area contributed by atoms with Gasteiger partial charge in [-0.15, -0.1) is 0 Å². The van der Waals surface area contributed by atoms with Crippen LogP contribution in [-0.4, -0.2) is 44.8 Å². The highest BCUT2D eigenvalue weighted by Crippen LogP contribution is 2.27. The summed E-state index contributed by atoms with van der Waals surface area (Å²) in [5.74, 6) is -0.947. The van der Waals surface area contributed by atoms with Gasteiger partial charge in [-0.25, -0.2) is 8.42 Å². The van der Waals surface area contributed by atoms with Gasteiger partial charge in [0.1, 0.15) is 12.6 Å². The van der Waals surface area contributed by atoms with E-state index in [1.165, 1.54) is 24.1 Å². The molecule has 2 amide bonds. The van der Waals surface area contributed by atoms with Gasteiger partial charge in [-0.05, 0) is 59.5 Å². The number of carbonyl (C=O) groups is 2. The molecule has 0 unspecified atom stereocenters. The zero-order valence-electron chi connectivity index (χ0n) is 23.9. The molecule has 224 valence electrons. The number of hydrogen-bond acceptors (Lipinski definition) is 4. The van der Waals surface area contributed by atoms with E-state index in [0.717, 1.165) is 21.9 Å². The number of nitrogens with one attached hydrogen (secondary N) is 1. The van der Waals surface area contributed by atoms with Crippen LogP contribution < -0.4 is 9.62 Å². The van der Waals surface area contributed by atoms with E-state index in [9.17, 15) is 18.0 Å². The summed E-state index contributed by atoms with van der Waals surface area (Å²) in [6, 6.07) is 28.4. The van der Waals surface area contributed by atoms with E-state index in [-0.39, 0.29) is 23.8 Å². The predicted molar refractivity (Wildman–Crippen MR) is 172 cm³/mol. The highest BCUT2D eigenvalue weighted by molar-refractivity contribution is 7.92. The minimum absolute atomic E-state index is 0.00532. The molecule has 0 aliphatic carbocycles. The summed E-state index contributed by atoms with van der Waals surface area (Å²) in [7, 11) is -2.65. The van der Waals surface area contributed by atoms with Crippen molar-refractivity contribution < 1.29 is 18.0 Å². The van der Waals surface area contributed by atoms with E-state index in [0.29, 0.717) is 21.3 Å². The molecule has 43 heavy (non-hydrogen) atoms. The fourth-order valence-corrected chi connectivity index (χ4v) is 6.46. The van der Waals surface area contributed by atoms with E-state index in [1.807, 2.05) is 49.4 Å². The van der Waals surface area contributed by atoms with Gasteiger partial charge in [-0.3, -0.25) is 13.9 Å². The van der Waals surface area contributed by atoms with Gasteiger partial charge in [0.2, 0.25) is 11.8 Å². The maximum atomic E-state index is 14.3. The van der Waals surface area contributed by atoms with Crippen molar-refractivity contribution in [2.45, 2.75) is 37.2 Å². The summed E-state index contributed by atoms with van der Waals surface area (Å²) in [6.07, 6.45) is 0.986. The van der Waals surface area contributed by atoms with Crippen molar-refractivity contribution in [1.82, 2.24) is 10.2 Å². The molecule has 0 radical (unpaired) electrons. The van der Waals surface area contributed by atoms with Gasteiger partial charge >= 0.3 is 0 Å². The number of nitrogens with zero attached hydrogens (tertiary/aromatic N) is 2. The second kappa shape index (κ2) is 14.6. The zero-order valence-corrected chi connectivity index (χ0v) is 26.2. The number of benzene rings is 4. The average molecular weight is 639 g/mol. The highest BCUT2D eigenvalue weighted by Gasteiger charge is 2.34. The Labute approximate surface area is 263 Å². The summed E-state index contributed by atoms with van der Waals surface area (Å²) >= 11 is 12.4. The molecule has 0 saturated carbocycles. The fraction of sp³-hybridized carbons (Fsp3) is 0.212. The summed E-state index contributed by atoms with van der Waals surface area (Å²) in [5, 5.41) is 3.32. The normalized spacial score (nSPS) is 11.9. The molecule has 4 aromatic rings. The van der Waals surface area contributed by atoms with Crippen molar-refractivity contribution in [3.8, 4) is 0 Å². The van der Waals surface area contributed by atoms with Gasteiger partial charge < -0.3 is 10.2 Å². The third-order valence-corrected chi connectivity index (χ3v) is 9.62. The van der Waals surface area contributed by atoms with Gasteiger partial charge in [-0.2, -0.15) is 0 Å². The van der Waals surface area contributed by atoms with Crippen LogP contribution >= 0.6 is 23.2 Å². The summed E-state index contributed by atoms with van der Waals surface area (Å²) in [6.45, 7) is 1.46. The lowest BCUT2D eigenvalue weighted by Gasteiger charge is -2.33. The summed E-state index contributed by atoms with van der Waals surface area (Å²) in [4.78, 5) is 29.1. The Morgan fingerprint density at radius 2 is 1.40 bits per heavy atom. The first-order valence-electron chi connectivity index (χ1n) is 13.8. The molecular formula is C33H33Cl2N3O4S. The largest absolute Gasteiger partial charge is 0.357 e. The van der Waals surface area contributed by atoms with Crippen LogP contribution in [0.25, 0.3) is 0 Å². The molecule has 4 aromatic carbocycles. The summed E-state index contributed by atoms with van der Waals surface area (Å²) < 4.78 is 29.1. The lowest BCUT2D eigenvalue weighted by Crippen LogP contribution is -2.53. The molecular weight excluding hydrogens is 605 g/mol. The topological polar surface area (TPSA) is 86.8 Å². The molecule has 1 N–H and O–H groups in total. The number of rotatable bonds is 12. The van der Waals surface area contributed by atoms with E-state index in [4.69, 9.17) is 23.2 Å². The smallest absolute Gasteiger partial charge is 0.264 e. The Morgan fingerprint density at radius 3 is 1.98 bits per heavy atom. The number of halogens is 2. The first-order valence-corrected chi connectivity index (χ1v) is 16.0. The van der Waals surface area contributed by atoms with Gasteiger partial charge in [0.05, 0.1) is 20.6 Å². The van der Waals surface area contributed by atoms with Gasteiger partial charge in [0, 0.05) is 20.0 Å². The molecule has 0 fully saturated rings. The first kappa shape index (κ1) is 32.1. The maximum absolute atomic E-state index is 14.3. The van der Waals surface area contributed by atoms with Gasteiger partial charge in [-0.1, -0.05) is 96.9 Å². The lowest BCUT2D eigenvalue weighted by molar-refractivity contribution is -0.139. The van der Waals surface area contributed by atoms with Gasteiger partial charge in [0.15, 0.2) is 0 Å². The second-order valence-electron chi connectivity index (χ2n) is 9.93. The van der Waals surface area contributed by atoms with E-state index in [2.05, 4.69) is 5.32 Å². The maximum Gasteiger partial charge on any atom is 0.264 e. The molecule has 0 aromatic heterocycles. The Bertz CT molecular complexity index is 1650. The van der Waals surface area contributed by atoms with Crippen LogP contribution in [0.3, 0.4) is 0 Å². The number of likely N-dealkylation sites (N-methyl/N-ethyl adjacent to an activating group) is 1. The quantitative estimate of drug-likeness (QED) is 0.202. The number of hydrogen-bond donors (Lipinski definition) is 1. The van der Waals surface area contributed by atoms with Crippen molar-refractivity contribution in [2.75, 3.05) is 17.9 Å². The molecule has 10 heteroatoms. The monoisotopic (exact) mass is 637 g/mol. The lowest BCUT2D eigenvalue weighted by atomic mass is 10.0. The summed E-state index contributed by atoms with van der Waals surface area (Å²) in [5.41, 5.74) is 2.83. The molecule has 1 atom stereocenters. The highest BCUT2D eigenvalue weighted by atomic mass is 35.5. The zero-order chi connectivity index (χ0) is 31.0. The number of anilines is 1. The number of sulfonamides is 1. The molecule has 0 aliphatic heterocycles. The minimum Gasteiger partial charge on any atom is -0.357 e. The van der Waals surface area contributed by atoms with Crippen LogP contribution in [-0.2, 0) is 39.0 Å². The first-order chi connectivity index (χ1) is 20.6. The van der Waals surface area contributed by atoms with Crippen molar-refractivity contribution in [1.29, 1.82) is 0 Å². The van der Waals surface area contributed by atoms with Crippen molar-refractivity contribution in [3.05, 3.63) is 130 Å². The van der Waals surface area contributed by atoms with Crippen LogP contribution in [0.2, 0.25) is 10.0 Å².